The molecule has 0 saturated carbocycles. The zero-order valence-corrected chi connectivity index (χ0v) is 31.6. The summed E-state index contributed by atoms with van der Waals surface area (Å²) in [5.41, 5.74) is 17.8. The zero-order valence-electron chi connectivity index (χ0n) is 31.6. The third-order valence-electron chi connectivity index (χ3n) is 12.0. The van der Waals surface area contributed by atoms with E-state index in [9.17, 15) is 0 Å². The van der Waals surface area contributed by atoms with Crippen molar-refractivity contribution < 1.29 is 4.74 Å². The number of hydrogen-bond donors (Lipinski definition) is 0. The Morgan fingerprint density at radius 1 is 0.345 bits per heavy atom. The van der Waals surface area contributed by atoms with Gasteiger partial charge >= 0.3 is 0 Å². The Hall–Kier alpha value is -7.62. The van der Waals surface area contributed by atoms with Gasteiger partial charge in [0.1, 0.15) is 12.4 Å². The van der Waals surface area contributed by atoms with Gasteiger partial charge < -0.3 is 13.9 Å². The zero-order chi connectivity index (χ0) is 38.2. The van der Waals surface area contributed by atoms with Gasteiger partial charge in [0.2, 0.25) is 0 Å². The number of hydrogen-bond acceptors (Lipinski definition) is 1. The van der Waals surface area contributed by atoms with Crippen LogP contribution in [0.4, 0.5) is 0 Å². The molecule has 1 aliphatic heterocycles. The number of benzene rings is 9. The molecule has 12 rings (SSSR count). The molecule has 0 bridgehead atoms. The second-order valence-electron chi connectivity index (χ2n) is 15.3. The fourth-order valence-corrected chi connectivity index (χ4v) is 9.32. The van der Waals surface area contributed by atoms with Crippen LogP contribution in [0.15, 0.2) is 206 Å². The summed E-state index contributed by atoms with van der Waals surface area (Å²) in [4.78, 5) is 0. The molecular weight excluding hydrogens is 705 g/mol. The molecule has 0 aliphatic carbocycles. The second kappa shape index (κ2) is 13.0. The number of aromatic nitrogens is 2. The molecule has 0 amide bonds. The Morgan fingerprint density at radius 3 is 1.53 bits per heavy atom. The highest BCUT2D eigenvalue weighted by atomic mass is 16.5. The fourth-order valence-electron chi connectivity index (χ4n) is 9.32. The van der Waals surface area contributed by atoms with E-state index in [2.05, 4.69) is 215 Å². The number of para-hydroxylation sites is 2. The van der Waals surface area contributed by atoms with Gasteiger partial charge in [0.25, 0.3) is 0 Å². The summed E-state index contributed by atoms with van der Waals surface area (Å²) in [6.07, 6.45) is 0. The minimum absolute atomic E-state index is 0.584. The molecule has 272 valence electrons. The van der Waals surface area contributed by atoms with Crippen molar-refractivity contribution in [2.24, 2.45) is 0 Å². The first-order valence-electron chi connectivity index (χ1n) is 19.9. The van der Waals surface area contributed by atoms with Gasteiger partial charge in [0.15, 0.2) is 0 Å². The lowest BCUT2D eigenvalue weighted by atomic mass is 9.95. The summed E-state index contributed by atoms with van der Waals surface area (Å²) in [7, 11) is 0. The molecule has 58 heavy (non-hydrogen) atoms. The third-order valence-corrected chi connectivity index (χ3v) is 12.0. The Labute approximate surface area is 336 Å². The maximum Gasteiger partial charge on any atom is 0.129 e. The number of ether oxygens (including phenoxy) is 1. The largest absolute Gasteiger partial charge is 0.488 e. The van der Waals surface area contributed by atoms with E-state index in [4.69, 9.17) is 4.74 Å². The highest BCUT2D eigenvalue weighted by molar-refractivity contribution is 6.13. The molecule has 11 aromatic rings. The highest BCUT2D eigenvalue weighted by Crippen LogP contribution is 2.45. The maximum absolute atomic E-state index is 6.32. The molecule has 0 N–H and O–H groups in total. The van der Waals surface area contributed by atoms with Crippen molar-refractivity contribution >= 4 is 43.6 Å². The molecule has 0 atom stereocenters. The summed E-state index contributed by atoms with van der Waals surface area (Å²) in [6, 6.07) is 75.0. The van der Waals surface area contributed by atoms with Crippen LogP contribution in [0.2, 0.25) is 0 Å². The van der Waals surface area contributed by atoms with Crippen LogP contribution >= 0.6 is 0 Å². The lowest BCUT2D eigenvalue weighted by Crippen LogP contribution is -2.08. The van der Waals surface area contributed by atoms with E-state index in [0.717, 1.165) is 22.7 Å². The Morgan fingerprint density at radius 2 is 0.879 bits per heavy atom. The van der Waals surface area contributed by atoms with E-state index in [0.29, 0.717) is 6.61 Å². The average Bonchev–Trinajstić information content (AvgIpc) is 3.81. The molecule has 0 saturated heterocycles. The van der Waals surface area contributed by atoms with Crippen molar-refractivity contribution in [1.29, 1.82) is 0 Å². The molecule has 3 heterocycles. The van der Waals surface area contributed by atoms with Gasteiger partial charge in [-0.2, -0.15) is 0 Å². The first kappa shape index (κ1) is 32.6. The molecular formula is C55H36N2O. The lowest BCUT2D eigenvalue weighted by Gasteiger charge is -2.24. The molecule has 0 radical (unpaired) electrons. The summed E-state index contributed by atoms with van der Waals surface area (Å²) in [5, 5.41) is 4.92. The van der Waals surface area contributed by atoms with E-state index in [1.165, 1.54) is 88.1 Å². The lowest BCUT2D eigenvalue weighted by molar-refractivity contribution is 0.302. The van der Waals surface area contributed by atoms with Crippen molar-refractivity contribution in [2.45, 2.75) is 6.61 Å². The van der Waals surface area contributed by atoms with Crippen molar-refractivity contribution in [1.82, 2.24) is 9.13 Å². The molecule has 9 aromatic carbocycles. The van der Waals surface area contributed by atoms with Crippen LogP contribution in [0.25, 0.3) is 99.5 Å². The van der Waals surface area contributed by atoms with Gasteiger partial charge in [-0.3, -0.25) is 0 Å². The van der Waals surface area contributed by atoms with Crippen molar-refractivity contribution in [3.05, 3.63) is 212 Å². The quantitative estimate of drug-likeness (QED) is 0.172. The van der Waals surface area contributed by atoms with Gasteiger partial charge in [-0.25, -0.2) is 0 Å². The van der Waals surface area contributed by atoms with Crippen LogP contribution in [0.1, 0.15) is 5.56 Å². The predicted octanol–water partition coefficient (Wildman–Crippen LogP) is 14.4. The summed E-state index contributed by atoms with van der Waals surface area (Å²) in [5.74, 6) is 0.925. The smallest absolute Gasteiger partial charge is 0.129 e. The molecule has 0 spiro atoms. The molecule has 2 aromatic heterocycles. The van der Waals surface area contributed by atoms with Crippen LogP contribution in [-0.4, -0.2) is 9.13 Å². The van der Waals surface area contributed by atoms with Crippen LogP contribution in [-0.2, 0) is 6.61 Å². The minimum atomic E-state index is 0.584. The van der Waals surface area contributed by atoms with Crippen LogP contribution in [0.5, 0.6) is 5.75 Å². The Bertz CT molecular complexity index is 3330. The van der Waals surface area contributed by atoms with Crippen molar-refractivity contribution in [3.8, 4) is 61.6 Å². The van der Waals surface area contributed by atoms with Gasteiger partial charge in [-0.15, -0.1) is 0 Å². The van der Waals surface area contributed by atoms with E-state index in [1.807, 2.05) is 0 Å². The van der Waals surface area contributed by atoms with Gasteiger partial charge in [0.05, 0.1) is 27.8 Å². The van der Waals surface area contributed by atoms with E-state index in [1.54, 1.807) is 0 Å². The first-order chi connectivity index (χ1) is 28.8. The van der Waals surface area contributed by atoms with E-state index >= 15 is 0 Å². The second-order valence-corrected chi connectivity index (χ2v) is 15.3. The summed E-state index contributed by atoms with van der Waals surface area (Å²) < 4.78 is 11.2. The van der Waals surface area contributed by atoms with Crippen molar-refractivity contribution in [2.75, 3.05) is 0 Å². The molecule has 0 fully saturated rings. The average molecular weight is 741 g/mol. The third kappa shape index (κ3) is 5.07. The molecule has 1 aliphatic rings. The van der Waals surface area contributed by atoms with Crippen molar-refractivity contribution in [3.63, 3.8) is 0 Å². The predicted molar refractivity (Wildman–Crippen MR) is 241 cm³/mol. The SMILES string of the molecule is c1ccc(-c2cc(-c3ccccc3)cc(-n3c4ccccc4c4cc(-c5ccc6c(c5)c5ccccc5n6-c5cccc6c5-c5ccccc5CO6)ccc43)c2)cc1. The van der Waals surface area contributed by atoms with Crippen LogP contribution < -0.4 is 4.74 Å². The molecule has 0 unspecified atom stereocenters. The molecule has 3 heteroatoms. The van der Waals surface area contributed by atoms with E-state index in [-0.39, 0.29) is 0 Å². The highest BCUT2D eigenvalue weighted by Gasteiger charge is 2.24. The number of nitrogens with zero attached hydrogens (tertiary/aromatic N) is 2. The first-order valence-corrected chi connectivity index (χ1v) is 19.9. The van der Waals surface area contributed by atoms with E-state index < -0.39 is 0 Å². The Kier molecular flexibility index (Phi) is 7.29. The number of fused-ring (bicyclic) bond motifs is 9. The fraction of sp³-hybridized carbons (Fsp3) is 0.0182. The van der Waals surface area contributed by atoms with Crippen LogP contribution in [0.3, 0.4) is 0 Å². The van der Waals surface area contributed by atoms with Gasteiger partial charge in [-0.1, -0.05) is 140 Å². The summed E-state index contributed by atoms with van der Waals surface area (Å²) in [6.45, 7) is 0.584. The Balaban J connectivity index is 1.04. The molecule has 3 nitrogen and oxygen atoms in total. The van der Waals surface area contributed by atoms with Gasteiger partial charge in [0, 0.05) is 32.8 Å². The standard InChI is InChI=1S/C55H36N2O/c1-3-14-36(15-4-1)41-30-42(37-16-5-2-6-17-37)32-43(31-41)56-49-22-11-9-20-45(49)47-33-38(26-28-51(47)56)39-27-29-52-48(34-39)46-21-10-12-23-50(46)57(52)53-24-13-25-54-55(53)44-19-8-7-18-40(44)35-58-54/h1-34H,35H2. The maximum atomic E-state index is 6.32. The van der Waals surface area contributed by atoms with Crippen LogP contribution in [0, 0.1) is 0 Å². The van der Waals surface area contributed by atoms with Gasteiger partial charge in [-0.05, 0) is 111 Å². The monoisotopic (exact) mass is 740 g/mol. The summed E-state index contributed by atoms with van der Waals surface area (Å²) >= 11 is 0. The topological polar surface area (TPSA) is 19.1 Å². The minimum Gasteiger partial charge on any atom is -0.488 e. The normalized spacial score (nSPS) is 12.2. The number of rotatable bonds is 5.